The van der Waals surface area contributed by atoms with Crippen molar-refractivity contribution in [3.8, 4) is 6.07 Å². The number of carboxylic acid groups (broad SMARTS) is 1. The van der Waals surface area contributed by atoms with Crippen LogP contribution in [-0.4, -0.2) is 69.2 Å². The van der Waals surface area contributed by atoms with Gasteiger partial charge in [0.15, 0.2) is 0 Å². The molecule has 0 radical (unpaired) electrons. The third kappa shape index (κ3) is 7.65. The van der Waals surface area contributed by atoms with E-state index in [9.17, 15) is 32.8 Å². The molecule has 1 aliphatic carbocycles. The SMILES string of the molecule is C/C=C/C(=O)Nc1cccc(S(=O)(=O)c2ccc(N3CC(CN4CCC(C(C#N)(c5cccc(F)c5)[C@H]5CCC[C@@H]5NC(=O)O)CC4)C3)cc2)c1. The van der Waals surface area contributed by atoms with Crippen molar-refractivity contribution in [2.24, 2.45) is 17.8 Å². The zero-order chi connectivity index (χ0) is 36.2. The number of hydrogen-bond acceptors (Lipinski definition) is 7. The first-order valence-corrected chi connectivity index (χ1v) is 19.0. The molecule has 2 aliphatic heterocycles. The fraction of sp³-hybridized carbons (Fsp3) is 0.410. The first-order chi connectivity index (χ1) is 24.5. The van der Waals surface area contributed by atoms with E-state index in [0.29, 0.717) is 30.0 Å². The van der Waals surface area contributed by atoms with E-state index in [1.807, 2.05) is 18.2 Å². The summed E-state index contributed by atoms with van der Waals surface area (Å²) in [6, 6.07) is 21.7. The molecule has 3 fully saturated rings. The highest BCUT2D eigenvalue weighted by molar-refractivity contribution is 7.91. The van der Waals surface area contributed by atoms with Crippen LogP contribution in [0.2, 0.25) is 0 Å². The lowest BCUT2D eigenvalue weighted by Crippen LogP contribution is -2.55. The van der Waals surface area contributed by atoms with Gasteiger partial charge >= 0.3 is 6.09 Å². The minimum atomic E-state index is -3.78. The molecule has 0 spiro atoms. The zero-order valence-corrected chi connectivity index (χ0v) is 29.5. The van der Waals surface area contributed by atoms with Crippen molar-refractivity contribution < 1.29 is 27.5 Å². The molecule has 6 rings (SSSR count). The molecule has 12 heteroatoms. The lowest BCUT2D eigenvalue weighted by atomic mass is 9.59. The van der Waals surface area contributed by atoms with Gasteiger partial charge in [-0.15, -0.1) is 0 Å². The minimum absolute atomic E-state index is 0.0335. The fourth-order valence-electron chi connectivity index (χ4n) is 8.45. The first kappa shape index (κ1) is 36.1. The molecule has 3 atom stereocenters. The summed E-state index contributed by atoms with van der Waals surface area (Å²) in [7, 11) is -3.78. The largest absolute Gasteiger partial charge is 0.465 e. The predicted octanol–water partition coefficient (Wildman–Crippen LogP) is 6.22. The third-order valence-corrected chi connectivity index (χ3v) is 12.6. The molecule has 3 N–H and O–H groups in total. The third-order valence-electron chi connectivity index (χ3n) is 10.8. The van der Waals surface area contributed by atoms with Crippen LogP contribution in [0.4, 0.5) is 20.6 Å². The van der Waals surface area contributed by atoms with Gasteiger partial charge in [-0.2, -0.15) is 5.26 Å². The highest BCUT2D eigenvalue weighted by Gasteiger charge is 2.52. The van der Waals surface area contributed by atoms with Crippen molar-refractivity contribution in [3.05, 3.63) is 96.3 Å². The van der Waals surface area contributed by atoms with Gasteiger partial charge in [-0.3, -0.25) is 4.79 Å². The lowest BCUT2D eigenvalue weighted by molar-refractivity contribution is -0.111. The first-order valence-electron chi connectivity index (χ1n) is 17.6. The molecular formula is C39H44FN5O5S. The molecule has 3 aromatic rings. The number of halogens is 1. The van der Waals surface area contributed by atoms with Crippen molar-refractivity contribution in [1.82, 2.24) is 10.2 Å². The average molecular weight is 714 g/mol. The minimum Gasteiger partial charge on any atom is -0.465 e. The molecule has 0 aromatic heterocycles. The number of amides is 2. The number of hydrogen-bond donors (Lipinski definition) is 3. The maximum atomic E-state index is 14.5. The summed E-state index contributed by atoms with van der Waals surface area (Å²) in [5.74, 6) is -0.560. The number of nitrogens with zero attached hydrogens (tertiary/aromatic N) is 3. The van der Waals surface area contributed by atoms with Crippen LogP contribution >= 0.6 is 0 Å². The van der Waals surface area contributed by atoms with Gasteiger partial charge in [0.1, 0.15) is 5.82 Å². The number of carbonyl (C=O) groups is 2. The number of carbonyl (C=O) groups excluding carboxylic acids is 1. The molecule has 2 saturated heterocycles. The molecule has 2 heterocycles. The van der Waals surface area contributed by atoms with E-state index in [1.165, 1.54) is 30.3 Å². The number of sulfone groups is 1. The van der Waals surface area contributed by atoms with Crippen LogP contribution in [0.1, 0.15) is 44.6 Å². The Morgan fingerprint density at radius 2 is 1.73 bits per heavy atom. The number of benzene rings is 3. The van der Waals surface area contributed by atoms with Gasteiger partial charge in [-0.25, -0.2) is 17.6 Å². The van der Waals surface area contributed by atoms with Crippen molar-refractivity contribution in [2.45, 2.75) is 60.3 Å². The summed E-state index contributed by atoms with van der Waals surface area (Å²) in [6.45, 7) is 5.92. The fourth-order valence-corrected chi connectivity index (χ4v) is 9.76. The molecule has 1 unspecified atom stereocenters. The van der Waals surface area contributed by atoms with Crippen LogP contribution in [-0.2, 0) is 20.0 Å². The van der Waals surface area contributed by atoms with E-state index in [1.54, 1.807) is 43.3 Å². The Balaban J connectivity index is 1.06. The van der Waals surface area contributed by atoms with E-state index in [-0.39, 0.29) is 33.6 Å². The van der Waals surface area contributed by atoms with Crippen LogP contribution in [0.5, 0.6) is 0 Å². The summed E-state index contributed by atoms with van der Waals surface area (Å²) in [5.41, 5.74) is 1.00. The van der Waals surface area contributed by atoms with Crippen molar-refractivity contribution in [2.75, 3.05) is 42.9 Å². The van der Waals surface area contributed by atoms with Crippen LogP contribution in [0.15, 0.2) is 94.7 Å². The van der Waals surface area contributed by atoms with Gasteiger partial charge in [0.05, 0.1) is 21.3 Å². The van der Waals surface area contributed by atoms with Gasteiger partial charge in [-0.1, -0.05) is 30.7 Å². The van der Waals surface area contributed by atoms with Gasteiger partial charge in [0.25, 0.3) is 0 Å². The second-order valence-electron chi connectivity index (χ2n) is 13.9. The molecule has 10 nitrogen and oxygen atoms in total. The maximum absolute atomic E-state index is 14.5. The molecule has 2 amide bonds. The summed E-state index contributed by atoms with van der Waals surface area (Å²) in [5, 5.41) is 25.7. The Morgan fingerprint density at radius 1 is 1.00 bits per heavy atom. The average Bonchev–Trinajstić information content (AvgIpc) is 3.55. The van der Waals surface area contributed by atoms with Crippen LogP contribution in [0.3, 0.4) is 0 Å². The Labute approximate surface area is 298 Å². The number of rotatable bonds is 11. The van der Waals surface area contributed by atoms with Gasteiger partial charge in [0.2, 0.25) is 15.7 Å². The number of nitriles is 1. The molecule has 1 saturated carbocycles. The van der Waals surface area contributed by atoms with Gasteiger partial charge in [-0.05, 0) is 118 Å². The molecule has 3 aromatic carbocycles. The summed E-state index contributed by atoms with van der Waals surface area (Å²) >= 11 is 0. The standard InChI is InChI=1S/C39H44FN5O5S/c1-2-6-37(46)42-31-9-4-10-34(22-31)51(49,50)33-15-13-32(14-16-33)45-24-27(25-45)23-44-19-17-28(18-20-44)39(26-41,29-7-3-8-30(40)21-29)35-11-5-12-36(35)43-38(47)48/h2-4,6-10,13-16,21-22,27-28,35-36,43H,5,11-12,17-20,23-25H2,1H3,(H,42,46)(H,47,48)/b6-2+/t35-,36-,39?/m0/s1. The normalized spacial score (nSPS) is 21.5. The van der Waals surface area contributed by atoms with E-state index < -0.39 is 27.2 Å². The van der Waals surface area contributed by atoms with Crippen molar-refractivity contribution in [1.29, 1.82) is 5.26 Å². The Bertz CT molecular complexity index is 1920. The zero-order valence-electron chi connectivity index (χ0n) is 28.7. The van der Waals surface area contributed by atoms with Crippen LogP contribution in [0, 0.1) is 34.9 Å². The molecule has 51 heavy (non-hydrogen) atoms. The van der Waals surface area contributed by atoms with E-state index in [4.69, 9.17) is 0 Å². The van der Waals surface area contributed by atoms with Crippen molar-refractivity contribution in [3.63, 3.8) is 0 Å². The summed E-state index contributed by atoms with van der Waals surface area (Å²) < 4.78 is 41.3. The van der Waals surface area contributed by atoms with E-state index in [0.717, 1.165) is 57.7 Å². The Morgan fingerprint density at radius 3 is 2.39 bits per heavy atom. The predicted molar refractivity (Wildman–Crippen MR) is 193 cm³/mol. The second-order valence-corrected chi connectivity index (χ2v) is 15.9. The highest BCUT2D eigenvalue weighted by Crippen LogP contribution is 2.50. The molecule has 0 bridgehead atoms. The second kappa shape index (κ2) is 15.3. The number of allylic oxidation sites excluding steroid dienone is 1. The van der Waals surface area contributed by atoms with E-state index >= 15 is 0 Å². The Hall–Kier alpha value is -4.73. The summed E-state index contributed by atoms with van der Waals surface area (Å²) in [4.78, 5) is 28.5. The molecular weight excluding hydrogens is 670 g/mol. The highest BCUT2D eigenvalue weighted by atomic mass is 32.2. The molecule has 3 aliphatic rings. The van der Waals surface area contributed by atoms with E-state index in [2.05, 4.69) is 26.5 Å². The quantitative estimate of drug-likeness (QED) is 0.199. The van der Waals surface area contributed by atoms with Crippen LogP contribution in [0.25, 0.3) is 0 Å². The Kier molecular flexibility index (Phi) is 10.8. The number of likely N-dealkylation sites (tertiary alicyclic amines) is 1. The lowest BCUT2D eigenvalue weighted by Gasteiger charge is -2.48. The number of nitrogens with one attached hydrogen (secondary N) is 2. The number of anilines is 2. The number of piperidine rings is 1. The molecule has 268 valence electrons. The van der Waals surface area contributed by atoms with Crippen molar-refractivity contribution >= 4 is 33.2 Å². The van der Waals surface area contributed by atoms with Gasteiger partial charge < -0.3 is 25.5 Å². The smallest absolute Gasteiger partial charge is 0.404 e. The topological polar surface area (TPSA) is 143 Å². The van der Waals surface area contributed by atoms with Gasteiger partial charge in [0, 0.05) is 48.9 Å². The monoisotopic (exact) mass is 713 g/mol. The maximum Gasteiger partial charge on any atom is 0.404 e. The van der Waals surface area contributed by atoms with Crippen LogP contribution < -0.4 is 15.5 Å². The summed E-state index contributed by atoms with van der Waals surface area (Å²) in [6.07, 6.45) is 5.59.